The van der Waals surface area contributed by atoms with Crippen molar-refractivity contribution >= 4 is 16.8 Å². The van der Waals surface area contributed by atoms with E-state index >= 15 is 0 Å². The maximum atomic E-state index is 12.8. The van der Waals surface area contributed by atoms with Gasteiger partial charge in [0.05, 0.1) is 23.7 Å². The lowest BCUT2D eigenvalue weighted by atomic mass is 10.00. The summed E-state index contributed by atoms with van der Waals surface area (Å²) in [7, 11) is 1.70. The number of aliphatic imine (C=N–C) groups is 1. The Labute approximate surface area is 118 Å². The van der Waals surface area contributed by atoms with Crippen LogP contribution in [0, 0.1) is 29.1 Å². The van der Waals surface area contributed by atoms with Crippen molar-refractivity contribution in [1.29, 1.82) is 5.26 Å². The van der Waals surface area contributed by atoms with Crippen LogP contribution in [0.25, 0.3) is 0 Å². The van der Waals surface area contributed by atoms with Crippen molar-refractivity contribution in [1.82, 2.24) is 0 Å². The van der Waals surface area contributed by atoms with Crippen molar-refractivity contribution in [2.75, 3.05) is 13.7 Å². The normalized spacial score (nSPS) is 28.2. The Morgan fingerprint density at radius 1 is 1.63 bits per heavy atom. The van der Waals surface area contributed by atoms with E-state index in [1.807, 2.05) is 0 Å². The van der Waals surface area contributed by atoms with Gasteiger partial charge in [-0.2, -0.15) is 5.26 Å². The summed E-state index contributed by atoms with van der Waals surface area (Å²) in [6.45, 7) is 5.42. The minimum absolute atomic E-state index is 0.152. The van der Waals surface area contributed by atoms with Gasteiger partial charge in [0, 0.05) is 18.7 Å². The number of hydrogen-bond acceptors (Lipinski definition) is 4. The molecular formula is C14H20FN3S. The molecule has 2 N–H and O–H groups in total. The Balaban J connectivity index is 2.66. The highest BCUT2D eigenvalue weighted by molar-refractivity contribution is 8.17. The molecule has 0 aromatic heterocycles. The summed E-state index contributed by atoms with van der Waals surface area (Å²) in [5, 5.41) is 9.80. The van der Waals surface area contributed by atoms with Gasteiger partial charge in [0.25, 0.3) is 0 Å². The fourth-order valence-corrected chi connectivity index (χ4v) is 3.23. The van der Waals surface area contributed by atoms with Crippen LogP contribution in [0.4, 0.5) is 4.39 Å². The molecule has 0 aliphatic heterocycles. The molecule has 0 radical (unpaired) electrons. The van der Waals surface area contributed by atoms with Gasteiger partial charge >= 0.3 is 0 Å². The molecule has 0 spiro atoms. The number of rotatable bonds is 4. The van der Waals surface area contributed by atoms with E-state index in [0.29, 0.717) is 18.5 Å². The first-order chi connectivity index (χ1) is 9.01. The molecule has 3 unspecified atom stereocenters. The molecule has 1 aliphatic carbocycles. The minimum atomic E-state index is -0.427. The largest absolute Gasteiger partial charge is 0.402 e. The summed E-state index contributed by atoms with van der Waals surface area (Å²) >= 11 is 1.46. The summed E-state index contributed by atoms with van der Waals surface area (Å²) in [4.78, 5) is 5.08. The third kappa shape index (κ3) is 4.39. The maximum absolute atomic E-state index is 12.8. The van der Waals surface area contributed by atoms with Gasteiger partial charge in [-0.05, 0) is 36.7 Å². The van der Waals surface area contributed by atoms with Gasteiger partial charge in [-0.1, -0.05) is 18.3 Å². The van der Waals surface area contributed by atoms with Crippen molar-refractivity contribution in [3.8, 4) is 6.07 Å². The summed E-state index contributed by atoms with van der Waals surface area (Å²) < 4.78 is 12.8. The van der Waals surface area contributed by atoms with Crippen LogP contribution in [0.15, 0.2) is 28.2 Å². The van der Waals surface area contributed by atoms with Crippen LogP contribution in [-0.4, -0.2) is 18.8 Å². The van der Waals surface area contributed by atoms with Crippen LogP contribution in [0.1, 0.15) is 19.8 Å². The first kappa shape index (κ1) is 15.8. The van der Waals surface area contributed by atoms with E-state index in [1.54, 1.807) is 20.0 Å². The number of allylic oxidation sites excluding steroid dienone is 2. The average Bonchev–Trinajstić information content (AvgIpc) is 2.80. The fourth-order valence-electron chi connectivity index (χ4n) is 2.27. The summed E-state index contributed by atoms with van der Waals surface area (Å²) in [6.07, 6.45) is 3.18. The zero-order valence-corrected chi connectivity index (χ0v) is 12.2. The second kappa shape index (κ2) is 7.34. The van der Waals surface area contributed by atoms with Crippen LogP contribution in [0.5, 0.6) is 0 Å². The lowest BCUT2D eigenvalue weighted by Crippen LogP contribution is -2.06. The van der Waals surface area contributed by atoms with Crippen molar-refractivity contribution in [3.63, 3.8) is 0 Å². The molecule has 1 rings (SSSR count). The van der Waals surface area contributed by atoms with Crippen LogP contribution in [-0.2, 0) is 0 Å². The third-order valence-corrected chi connectivity index (χ3v) is 4.43. The number of hydrogen-bond donors (Lipinski definition) is 1. The number of nitrogens with two attached hydrogens (primary N) is 1. The molecule has 0 saturated heterocycles. The lowest BCUT2D eigenvalue weighted by Gasteiger charge is -2.12. The Hall–Kier alpha value is -1.28. The highest BCUT2D eigenvalue weighted by Gasteiger charge is 2.35. The van der Waals surface area contributed by atoms with Gasteiger partial charge in [-0.15, -0.1) is 0 Å². The van der Waals surface area contributed by atoms with Gasteiger partial charge < -0.3 is 5.73 Å². The fraction of sp³-hybridized carbons (Fsp3) is 0.571. The van der Waals surface area contributed by atoms with Crippen molar-refractivity contribution in [2.24, 2.45) is 28.5 Å². The second-order valence-electron chi connectivity index (χ2n) is 4.84. The highest BCUT2D eigenvalue weighted by atomic mass is 32.2. The summed E-state index contributed by atoms with van der Waals surface area (Å²) in [5.41, 5.74) is 6.31. The van der Waals surface area contributed by atoms with Gasteiger partial charge in [0.1, 0.15) is 0 Å². The van der Waals surface area contributed by atoms with E-state index in [-0.39, 0.29) is 17.8 Å². The van der Waals surface area contributed by atoms with Crippen molar-refractivity contribution in [3.05, 3.63) is 23.3 Å². The topological polar surface area (TPSA) is 62.2 Å². The zero-order valence-electron chi connectivity index (χ0n) is 11.4. The van der Waals surface area contributed by atoms with Gasteiger partial charge in [-0.25, -0.2) is 0 Å². The molecule has 1 saturated carbocycles. The molecule has 19 heavy (non-hydrogen) atoms. The van der Waals surface area contributed by atoms with Crippen LogP contribution < -0.4 is 5.73 Å². The van der Waals surface area contributed by atoms with E-state index in [0.717, 1.165) is 9.95 Å². The SMILES string of the molecule is C=C(SC(/C=C(/C)N)=NC)C1CC(C#N)C(CF)C1. The first-order valence-electron chi connectivity index (χ1n) is 6.24. The standard InChI is InChI=1S/C14H20FN3S/c1-9(17)4-14(18-3)19-10(2)11-5-12(7-15)13(6-11)8-16/h4,11-13H,2,5-7,17H2,1,3H3/b9-4-,18-14?. The number of halogens is 1. The van der Waals surface area contributed by atoms with Crippen molar-refractivity contribution in [2.45, 2.75) is 19.8 Å². The van der Waals surface area contributed by atoms with Crippen LogP contribution in [0.3, 0.4) is 0 Å². The van der Waals surface area contributed by atoms with E-state index in [4.69, 9.17) is 11.0 Å². The predicted octanol–water partition coefficient (Wildman–Crippen LogP) is 3.26. The molecule has 0 bridgehead atoms. The number of thioether (sulfide) groups is 1. The highest BCUT2D eigenvalue weighted by Crippen LogP contribution is 2.43. The zero-order chi connectivity index (χ0) is 14.4. The molecule has 3 nitrogen and oxygen atoms in total. The van der Waals surface area contributed by atoms with Crippen molar-refractivity contribution < 1.29 is 4.39 Å². The summed E-state index contributed by atoms with van der Waals surface area (Å²) in [6, 6.07) is 2.20. The predicted molar refractivity (Wildman–Crippen MR) is 79.3 cm³/mol. The molecule has 1 fully saturated rings. The molecule has 0 amide bonds. The molecule has 3 atom stereocenters. The Morgan fingerprint density at radius 3 is 2.74 bits per heavy atom. The number of alkyl halides is 1. The van der Waals surface area contributed by atoms with Gasteiger partial charge in [0.2, 0.25) is 0 Å². The van der Waals surface area contributed by atoms with Crippen LogP contribution >= 0.6 is 11.8 Å². The van der Waals surface area contributed by atoms with Crippen LogP contribution in [0.2, 0.25) is 0 Å². The Bertz CT molecular complexity index is 432. The quantitative estimate of drug-likeness (QED) is 0.635. The maximum Gasteiger partial charge on any atom is 0.0962 e. The third-order valence-electron chi connectivity index (χ3n) is 3.32. The second-order valence-corrected chi connectivity index (χ2v) is 5.98. The van der Waals surface area contributed by atoms with Gasteiger partial charge in [-0.3, -0.25) is 9.38 Å². The van der Waals surface area contributed by atoms with E-state index in [9.17, 15) is 4.39 Å². The Kier molecular flexibility index (Phi) is 6.10. The number of nitrogens with zero attached hydrogens (tertiary/aromatic N) is 2. The van der Waals surface area contributed by atoms with E-state index in [2.05, 4.69) is 17.6 Å². The molecular weight excluding hydrogens is 261 g/mol. The Morgan fingerprint density at radius 2 is 2.32 bits per heavy atom. The number of nitriles is 1. The molecule has 0 heterocycles. The van der Waals surface area contributed by atoms with E-state index < -0.39 is 6.67 Å². The van der Waals surface area contributed by atoms with E-state index in [1.165, 1.54) is 11.8 Å². The molecule has 104 valence electrons. The molecule has 1 aliphatic rings. The minimum Gasteiger partial charge on any atom is -0.402 e. The molecule has 0 aromatic carbocycles. The lowest BCUT2D eigenvalue weighted by molar-refractivity contribution is 0.330. The smallest absolute Gasteiger partial charge is 0.0962 e. The summed E-state index contributed by atoms with van der Waals surface area (Å²) in [5.74, 6) is -0.166. The monoisotopic (exact) mass is 281 g/mol. The molecule has 0 aromatic rings. The van der Waals surface area contributed by atoms with Gasteiger partial charge in [0.15, 0.2) is 0 Å². The average molecular weight is 281 g/mol. The molecule has 5 heteroatoms. The first-order valence-corrected chi connectivity index (χ1v) is 7.06.